The van der Waals surface area contributed by atoms with Gasteiger partial charge in [0.1, 0.15) is 11.0 Å². The average Bonchev–Trinajstić information content (AvgIpc) is 3.14. The summed E-state index contributed by atoms with van der Waals surface area (Å²) in [6.07, 6.45) is 1.19. The summed E-state index contributed by atoms with van der Waals surface area (Å²) in [6, 6.07) is 16.1. The molecule has 1 heterocycles. The minimum absolute atomic E-state index is 0.161. The molecule has 0 radical (unpaired) electrons. The fraction of sp³-hybridized carbons (Fsp3) is 0.150. The highest BCUT2D eigenvalue weighted by molar-refractivity contribution is 7.91. The third kappa shape index (κ3) is 3.89. The second-order valence-corrected chi connectivity index (χ2v) is 8.56. The summed E-state index contributed by atoms with van der Waals surface area (Å²) < 4.78 is 31.6. The highest BCUT2D eigenvalue weighted by Gasteiger charge is 2.33. The van der Waals surface area contributed by atoms with Gasteiger partial charge in [-0.2, -0.15) is 0 Å². The number of sulfone groups is 1. The molecule has 4 nitrogen and oxygen atoms in total. The van der Waals surface area contributed by atoms with E-state index in [4.69, 9.17) is 16.0 Å². The fourth-order valence-electron chi connectivity index (χ4n) is 2.65. The lowest BCUT2D eigenvalue weighted by atomic mass is 10.1. The molecule has 1 atom stereocenters. The molecule has 134 valence electrons. The van der Waals surface area contributed by atoms with E-state index in [0.29, 0.717) is 10.6 Å². The van der Waals surface area contributed by atoms with Gasteiger partial charge in [-0.15, -0.1) is 0 Å². The number of carbonyl (C=O) groups excluding carboxylic acids is 1. The van der Waals surface area contributed by atoms with Crippen molar-refractivity contribution in [3.8, 4) is 0 Å². The van der Waals surface area contributed by atoms with E-state index in [2.05, 4.69) is 0 Å². The molecule has 6 heteroatoms. The summed E-state index contributed by atoms with van der Waals surface area (Å²) in [6.45, 7) is 1.88. The molecule has 3 aromatic rings. The van der Waals surface area contributed by atoms with Crippen molar-refractivity contribution in [3.05, 3.63) is 88.8 Å². The van der Waals surface area contributed by atoms with Crippen molar-refractivity contribution in [2.24, 2.45) is 0 Å². The Hall–Kier alpha value is -2.37. The van der Waals surface area contributed by atoms with Crippen LogP contribution in [0.15, 0.2) is 76.2 Å². The third-order valence-corrected chi connectivity index (χ3v) is 6.45. The first-order valence-electron chi connectivity index (χ1n) is 8.00. The number of halogens is 1. The minimum Gasteiger partial charge on any atom is -0.468 e. The van der Waals surface area contributed by atoms with Crippen LogP contribution in [0.4, 0.5) is 0 Å². The molecule has 0 aliphatic heterocycles. The van der Waals surface area contributed by atoms with Crippen molar-refractivity contribution < 1.29 is 17.6 Å². The Morgan fingerprint density at radius 3 is 2.27 bits per heavy atom. The summed E-state index contributed by atoms with van der Waals surface area (Å²) in [4.78, 5) is 12.8. The maximum atomic E-state index is 13.1. The SMILES string of the molecule is Cc1ccc(S(=O)(=O)C(CC(=O)c2ccc(Cl)cc2)c2ccco2)cc1. The van der Waals surface area contributed by atoms with Crippen LogP contribution in [-0.4, -0.2) is 14.2 Å². The fourth-order valence-corrected chi connectivity index (χ4v) is 4.43. The molecule has 0 amide bonds. The van der Waals surface area contributed by atoms with E-state index in [1.807, 2.05) is 6.92 Å². The van der Waals surface area contributed by atoms with E-state index >= 15 is 0 Å². The first-order valence-corrected chi connectivity index (χ1v) is 9.93. The van der Waals surface area contributed by atoms with Crippen LogP contribution in [0.3, 0.4) is 0 Å². The molecule has 0 fully saturated rings. The van der Waals surface area contributed by atoms with Crippen LogP contribution in [0.25, 0.3) is 0 Å². The monoisotopic (exact) mass is 388 g/mol. The zero-order valence-electron chi connectivity index (χ0n) is 14.1. The van der Waals surface area contributed by atoms with E-state index in [-0.39, 0.29) is 22.9 Å². The molecule has 0 bridgehead atoms. The van der Waals surface area contributed by atoms with Crippen LogP contribution >= 0.6 is 11.6 Å². The van der Waals surface area contributed by atoms with Crippen molar-refractivity contribution in [2.75, 3.05) is 0 Å². The number of Topliss-reactive ketones (excluding diaryl/α,β-unsaturated/α-hetero) is 1. The number of hydrogen-bond acceptors (Lipinski definition) is 4. The van der Waals surface area contributed by atoms with Gasteiger partial charge >= 0.3 is 0 Å². The van der Waals surface area contributed by atoms with Gasteiger partial charge < -0.3 is 4.42 Å². The van der Waals surface area contributed by atoms with Crippen LogP contribution in [-0.2, 0) is 9.84 Å². The number of aryl methyl sites for hydroxylation is 1. The van der Waals surface area contributed by atoms with Crippen molar-refractivity contribution in [1.82, 2.24) is 0 Å². The summed E-state index contributed by atoms with van der Waals surface area (Å²) in [5, 5.41) is -0.584. The predicted molar refractivity (Wildman–Crippen MR) is 100 cm³/mol. The van der Waals surface area contributed by atoms with E-state index in [1.54, 1.807) is 60.7 Å². The molecule has 0 spiro atoms. The number of hydrogen-bond donors (Lipinski definition) is 0. The zero-order chi connectivity index (χ0) is 18.7. The minimum atomic E-state index is -3.79. The summed E-state index contributed by atoms with van der Waals surface area (Å²) in [7, 11) is -3.79. The Morgan fingerprint density at radius 1 is 1.04 bits per heavy atom. The second-order valence-electron chi connectivity index (χ2n) is 6.00. The molecule has 0 N–H and O–H groups in total. The smallest absolute Gasteiger partial charge is 0.188 e. The first kappa shape index (κ1) is 18.4. The van der Waals surface area contributed by atoms with Gasteiger partial charge in [-0.05, 0) is 55.5 Å². The first-order chi connectivity index (χ1) is 12.4. The normalized spacial score (nSPS) is 12.7. The highest BCUT2D eigenvalue weighted by Crippen LogP contribution is 2.33. The van der Waals surface area contributed by atoms with Crippen LogP contribution in [0.1, 0.15) is 33.4 Å². The molecule has 0 aliphatic rings. The molecule has 26 heavy (non-hydrogen) atoms. The van der Waals surface area contributed by atoms with Crippen molar-refractivity contribution >= 4 is 27.2 Å². The molecule has 1 aromatic heterocycles. The molecular formula is C20H17ClO4S. The standard InChI is InChI=1S/C20H17ClO4S/c1-14-4-10-17(11-5-14)26(23,24)20(19-3-2-12-25-19)13-18(22)15-6-8-16(21)9-7-15/h2-12,20H,13H2,1H3. The van der Waals surface area contributed by atoms with Crippen molar-refractivity contribution in [3.63, 3.8) is 0 Å². The predicted octanol–water partition coefficient (Wildman–Crippen LogP) is 5.03. The van der Waals surface area contributed by atoms with Gasteiger partial charge in [0.15, 0.2) is 15.6 Å². The Balaban J connectivity index is 1.97. The van der Waals surface area contributed by atoms with Crippen molar-refractivity contribution in [1.29, 1.82) is 0 Å². The van der Waals surface area contributed by atoms with Gasteiger partial charge in [0.25, 0.3) is 0 Å². The topological polar surface area (TPSA) is 64.3 Å². The Bertz CT molecular complexity index is 989. The lowest BCUT2D eigenvalue weighted by Gasteiger charge is -2.15. The quantitative estimate of drug-likeness (QED) is 0.555. The molecule has 0 saturated heterocycles. The number of rotatable bonds is 6. The van der Waals surface area contributed by atoms with Gasteiger partial charge in [-0.3, -0.25) is 4.79 Å². The van der Waals surface area contributed by atoms with Crippen molar-refractivity contribution in [2.45, 2.75) is 23.5 Å². The Labute approximate surface area is 157 Å². The molecule has 2 aromatic carbocycles. The molecule has 0 saturated carbocycles. The maximum Gasteiger partial charge on any atom is 0.188 e. The average molecular weight is 389 g/mol. The number of furan rings is 1. The lowest BCUT2D eigenvalue weighted by Crippen LogP contribution is -2.17. The number of benzene rings is 2. The van der Waals surface area contributed by atoms with Gasteiger partial charge in [0, 0.05) is 17.0 Å². The molecule has 0 aliphatic carbocycles. The molecular weight excluding hydrogens is 372 g/mol. The summed E-state index contributed by atoms with van der Waals surface area (Å²) >= 11 is 5.85. The van der Waals surface area contributed by atoms with Gasteiger partial charge in [0.05, 0.1) is 11.2 Å². The van der Waals surface area contributed by atoms with Gasteiger partial charge in [-0.1, -0.05) is 29.3 Å². The largest absolute Gasteiger partial charge is 0.468 e. The molecule has 1 unspecified atom stereocenters. The van der Waals surface area contributed by atoms with E-state index in [1.165, 1.54) is 6.26 Å². The number of ketones is 1. The highest BCUT2D eigenvalue weighted by atomic mass is 35.5. The summed E-state index contributed by atoms with van der Waals surface area (Å²) in [5.74, 6) is -0.0494. The van der Waals surface area contributed by atoms with Crippen LogP contribution < -0.4 is 0 Å². The number of carbonyl (C=O) groups is 1. The Morgan fingerprint density at radius 2 is 1.69 bits per heavy atom. The van der Waals surface area contributed by atoms with E-state index < -0.39 is 15.1 Å². The van der Waals surface area contributed by atoms with Crippen LogP contribution in [0.5, 0.6) is 0 Å². The Kier molecular flexibility index (Phi) is 5.30. The van der Waals surface area contributed by atoms with Gasteiger partial charge in [0.2, 0.25) is 0 Å². The van der Waals surface area contributed by atoms with E-state index in [9.17, 15) is 13.2 Å². The van der Waals surface area contributed by atoms with Crippen LogP contribution in [0.2, 0.25) is 5.02 Å². The summed E-state index contributed by atoms with van der Waals surface area (Å²) in [5.41, 5.74) is 1.36. The third-order valence-electron chi connectivity index (χ3n) is 4.12. The maximum absolute atomic E-state index is 13.1. The van der Waals surface area contributed by atoms with E-state index in [0.717, 1.165) is 5.56 Å². The second kappa shape index (κ2) is 7.48. The van der Waals surface area contributed by atoms with Crippen LogP contribution in [0, 0.1) is 6.92 Å². The van der Waals surface area contributed by atoms with Gasteiger partial charge in [-0.25, -0.2) is 8.42 Å². The lowest BCUT2D eigenvalue weighted by molar-refractivity contribution is 0.0978. The molecule has 3 rings (SSSR count). The zero-order valence-corrected chi connectivity index (χ0v) is 15.6.